The summed E-state index contributed by atoms with van der Waals surface area (Å²) in [7, 11) is 0. The minimum absolute atomic E-state index is 0.0220. The highest BCUT2D eigenvalue weighted by Crippen LogP contribution is 2.20. The lowest BCUT2D eigenvalue weighted by atomic mass is 10.1. The van der Waals surface area contributed by atoms with Crippen molar-refractivity contribution in [2.24, 2.45) is 0 Å². The van der Waals surface area contributed by atoms with Crippen molar-refractivity contribution in [2.45, 2.75) is 45.3 Å². The van der Waals surface area contributed by atoms with Gasteiger partial charge >= 0.3 is 0 Å². The van der Waals surface area contributed by atoms with Crippen LogP contribution in [0.15, 0.2) is 11.6 Å². The van der Waals surface area contributed by atoms with Gasteiger partial charge in [0, 0.05) is 6.61 Å². The molecule has 0 amide bonds. The Bertz CT molecular complexity index is 163. The average Bonchev–Trinajstić information content (AvgIpc) is 2.16. The molecule has 0 saturated carbocycles. The van der Waals surface area contributed by atoms with Crippen LogP contribution in [0.1, 0.15) is 33.1 Å². The molecule has 1 rings (SSSR count). The molecular weight excluding hydrogens is 152 g/mol. The predicted octanol–water partition coefficient (Wildman–Crippen LogP) is 1.88. The van der Waals surface area contributed by atoms with Crippen molar-refractivity contribution >= 4 is 0 Å². The van der Waals surface area contributed by atoms with E-state index < -0.39 is 0 Å². The van der Waals surface area contributed by atoms with Crippen LogP contribution in [0.2, 0.25) is 0 Å². The summed E-state index contributed by atoms with van der Waals surface area (Å²) in [6, 6.07) is 0. The molecular formula is C10H18O2. The number of rotatable bonds is 2. The number of hydrogen-bond acceptors (Lipinski definition) is 2. The van der Waals surface area contributed by atoms with Gasteiger partial charge in [-0.15, -0.1) is 0 Å². The first-order valence-electron chi connectivity index (χ1n) is 4.69. The number of ether oxygens (including phenoxy) is 1. The average molecular weight is 170 g/mol. The summed E-state index contributed by atoms with van der Waals surface area (Å²) in [5.74, 6) is 0. The van der Waals surface area contributed by atoms with Gasteiger partial charge in [0.15, 0.2) is 0 Å². The molecule has 0 unspecified atom stereocenters. The molecule has 0 aromatic carbocycles. The molecule has 12 heavy (non-hydrogen) atoms. The van der Waals surface area contributed by atoms with Crippen LogP contribution in [0.3, 0.4) is 0 Å². The Morgan fingerprint density at radius 2 is 2.42 bits per heavy atom. The lowest BCUT2D eigenvalue weighted by Gasteiger charge is -2.20. The predicted molar refractivity (Wildman–Crippen MR) is 49.0 cm³/mol. The molecule has 0 aromatic rings. The fraction of sp³-hybridized carbons (Fsp3) is 0.800. The largest absolute Gasteiger partial charge is 0.390 e. The molecule has 0 saturated heterocycles. The summed E-state index contributed by atoms with van der Waals surface area (Å²) in [6.07, 6.45) is 4.64. The highest BCUT2D eigenvalue weighted by molar-refractivity contribution is 5.03. The van der Waals surface area contributed by atoms with Crippen LogP contribution in [-0.2, 0) is 4.74 Å². The third-order valence-electron chi connectivity index (χ3n) is 2.29. The minimum Gasteiger partial charge on any atom is -0.390 e. The number of allylic oxidation sites excluding steroid dienone is 1. The molecule has 70 valence electrons. The van der Waals surface area contributed by atoms with Gasteiger partial charge in [0.25, 0.3) is 0 Å². The standard InChI is InChI=1S/C10H18O2/c1-3-12-10-7-8(2)5-4-6-9(10)11/h5,9-11H,3-4,6-7H2,1-2H3/t9-,10-/m1/s1. The van der Waals surface area contributed by atoms with Crippen molar-refractivity contribution < 1.29 is 9.84 Å². The van der Waals surface area contributed by atoms with E-state index in [1.807, 2.05) is 6.92 Å². The molecule has 0 fully saturated rings. The van der Waals surface area contributed by atoms with Crippen LogP contribution in [-0.4, -0.2) is 23.9 Å². The van der Waals surface area contributed by atoms with Gasteiger partial charge < -0.3 is 9.84 Å². The van der Waals surface area contributed by atoms with Crippen molar-refractivity contribution in [1.29, 1.82) is 0 Å². The topological polar surface area (TPSA) is 29.5 Å². The Kier molecular flexibility index (Phi) is 3.76. The summed E-state index contributed by atoms with van der Waals surface area (Å²) in [4.78, 5) is 0. The van der Waals surface area contributed by atoms with E-state index in [0.717, 1.165) is 19.3 Å². The van der Waals surface area contributed by atoms with Crippen molar-refractivity contribution in [3.8, 4) is 0 Å². The fourth-order valence-corrected chi connectivity index (χ4v) is 1.61. The van der Waals surface area contributed by atoms with Gasteiger partial charge in [-0.1, -0.05) is 11.6 Å². The Morgan fingerprint density at radius 1 is 1.67 bits per heavy atom. The van der Waals surface area contributed by atoms with Gasteiger partial charge in [-0.2, -0.15) is 0 Å². The molecule has 2 atom stereocenters. The Morgan fingerprint density at radius 3 is 3.08 bits per heavy atom. The lowest BCUT2D eigenvalue weighted by Crippen LogP contribution is -2.28. The van der Waals surface area contributed by atoms with E-state index in [1.165, 1.54) is 5.57 Å². The van der Waals surface area contributed by atoms with Crippen LogP contribution < -0.4 is 0 Å². The first-order valence-corrected chi connectivity index (χ1v) is 4.69. The minimum atomic E-state index is -0.279. The lowest BCUT2D eigenvalue weighted by molar-refractivity contribution is -0.0325. The van der Waals surface area contributed by atoms with Crippen molar-refractivity contribution in [1.82, 2.24) is 0 Å². The monoisotopic (exact) mass is 170 g/mol. The molecule has 1 aliphatic rings. The number of hydrogen-bond donors (Lipinski definition) is 1. The van der Waals surface area contributed by atoms with Crippen molar-refractivity contribution in [3.05, 3.63) is 11.6 Å². The van der Waals surface area contributed by atoms with E-state index in [1.54, 1.807) is 0 Å². The van der Waals surface area contributed by atoms with Gasteiger partial charge in [0.1, 0.15) is 0 Å². The van der Waals surface area contributed by atoms with E-state index in [2.05, 4.69) is 13.0 Å². The quantitative estimate of drug-likeness (QED) is 0.641. The second kappa shape index (κ2) is 4.63. The second-order valence-electron chi connectivity index (χ2n) is 3.39. The molecule has 0 spiro atoms. The van der Waals surface area contributed by atoms with E-state index in [0.29, 0.717) is 6.61 Å². The van der Waals surface area contributed by atoms with Gasteiger partial charge in [-0.05, 0) is 33.1 Å². The molecule has 2 nitrogen and oxygen atoms in total. The summed E-state index contributed by atoms with van der Waals surface area (Å²) in [5.41, 5.74) is 1.34. The molecule has 2 heteroatoms. The Balaban J connectivity index is 2.51. The van der Waals surface area contributed by atoms with Crippen LogP contribution in [0, 0.1) is 0 Å². The highest BCUT2D eigenvalue weighted by atomic mass is 16.5. The smallest absolute Gasteiger partial charge is 0.0870 e. The molecule has 0 aromatic heterocycles. The maximum absolute atomic E-state index is 9.64. The molecule has 0 heterocycles. The molecule has 0 bridgehead atoms. The first kappa shape index (κ1) is 9.75. The number of aliphatic hydroxyl groups excluding tert-OH is 1. The van der Waals surface area contributed by atoms with E-state index in [-0.39, 0.29) is 12.2 Å². The van der Waals surface area contributed by atoms with Crippen molar-refractivity contribution in [3.63, 3.8) is 0 Å². The SMILES string of the molecule is CCO[C@@H]1CC(C)=CCC[C@H]1O. The van der Waals surface area contributed by atoms with Gasteiger partial charge in [0.2, 0.25) is 0 Å². The Labute approximate surface area is 74.2 Å². The van der Waals surface area contributed by atoms with Gasteiger partial charge in [-0.3, -0.25) is 0 Å². The zero-order chi connectivity index (χ0) is 8.97. The van der Waals surface area contributed by atoms with Gasteiger partial charge in [0.05, 0.1) is 12.2 Å². The molecule has 0 aliphatic heterocycles. The van der Waals surface area contributed by atoms with E-state index in [4.69, 9.17) is 4.74 Å². The maximum atomic E-state index is 9.64. The zero-order valence-electron chi connectivity index (χ0n) is 7.92. The van der Waals surface area contributed by atoms with Crippen LogP contribution in [0.5, 0.6) is 0 Å². The van der Waals surface area contributed by atoms with Gasteiger partial charge in [-0.25, -0.2) is 0 Å². The Hall–Kier alpha value is -0.340. The van der Waals surface area contributed by atoms with Crippen LogP contribution >= 0.6 is 0 Å². The second-order valence-corrected chi connectivity index (χ2v) is 3.39. The van der Waals surface area contributed by atoms with Crippen LogP contribution in [0.25, 0.3) is 0 Å². The van der Waals surface area contributed by atoms with E-state index >= 15 is 0 Å². The van der Waals surface area contributed by atoms with E-state index in [9.17, 15) is 5.11 Å². The maximum Gasteiger partial charge on any atom is 0.0870 e. The zero-order valence-corrected chi connectivity index (χ0v) is 7.92. The summed E-state index contributed by atoms with van der Waals surface area (Å²) in [5, 5.41) is 9.64. The first-order chi connectivity index (χ1) is 5.74. The molecule has 1 aliphatic carbocycles. The third-order valence-corrected chi connectivity index (χ3v) is 2.29. The number of aliphatic hydroxyl groups is 1. The fourth-order valence-electron chi connectivity index (χ4n) is 1.61. The molecule has 1 N–H and O–H groups in total. The van der Waals surface area contributed by atoms with Crippen LogP contribution in [0.4, 0.5) is 0 Å². The van der Waals surface area contributed by atoms with Crippen molar-refractivity contribution in [2.75, 3.05) is 6.61 Å². The normalized spacial score (nSPS) is 31.1. The summed E-state index contributed by atoms with van der Waals surface area (Å²) in [6.45, 7) is 4.76. The summed E-state index contributed by atoms with van der Waals surface area (Å²) < 4.78 is 5.45. The molecule has 0 radical (unpaired) electrons. The summed E-state index contributed by atoms with van der Waals surface area (Å²) >= 11 is 0. The highest BCUT2D eigenvalue weighted by Gasteiger charge is 2.21. The third kappa shape index (κ3) is 2.61.